The quantitative estimate of drug-likeness (QED) is 0.800. The number of ether oxygens (including phenoxy) is 1. The van der Waals surface area contributed by atoms with Crippen LogP contribution in [0.1, 0.15) is 18.7 Å². The van der Waals surface area contributed by atoms with E-state index in [2.05, 4.69) is 21.2 Å². The summed E-state index contributed by atoms with van der Waals surface area (Å²) >= 11 is 5.06. The van der Waals surface area contributed by atoms with Crippen LogP contribution in [0.25, 0.3) is 11.3 Å². The highest BCUT2D eigenvalue weighted by molar-refractivity contribution is 9.10. The predicted molar refractivity (Wildman–Crippen MR) is 94.4 cm³/mol. The van der Waals surface area contributed by atoms with Gasteiger partial charge in [0, 0.05) is 21.3 Å². The molecule has 2 aliphatic rings. The smallest absolute Gasteiger partial charge is 0.324 e. The van der Waals surface area contributed by atoms with E-state index < -0.39 is 0 Å². The van der Waals surface area contributed by atoms with Gasteiger partial charge in [0.05, 0.1) is 24.4 Å². The maximum atomic E-state index is 12.2. The molecule has 2 aromatic rings. The first kappa shape index (κ1) is 15.0. The topological polar surface area (TPSA) is 54.5 Å². The summed E-state index contributed by atoms with van der Waals surface area (Å²) in [6.45, 7) is 5.28. The Morgan fingerprint density at radius 2 is 2.26 bits per heavy atom. The van der Waals surface area contributed by atoms with Crippen LogP contribution in [0.15, 0.2) is 22.7 Å². The average Bonchev–Trinajstić information content (AvgIpc) is 2.95. The minimum Gasteiger partial charge on any atom is -0.492 e. The van der Waals surface area contributed by atoms with E-state index in [0.29, 0.717) is 13.2 Å². The van der Waals surface area contributed by atoms with E-state index in [1.807, 2.05) is 32.0 Å². The van der Waals surface area contributed by atoms with E-state index in [0.717, 1.165) is 33.0 Å². The maximum Gasteiger partial charge on any atom is 0.324 e. The number of benzene rings is 1. The van der Waals surface area contributed by atoms with Crippen molar-refractivity contribution < 1.29 is 9.53 Å². The lowest BCUT2D eigenvalue weighted by atomic mass is 10.1. The third kappa shape index (κ3) is 2.61. The molecule has 1 fully saturated rings. The number of carbonyl (C=O) groups is 1. The first-order valence-corrected chi connectivity index (χ1v) is 9.06. The Hall–Kier alpha value is -1.60. The number of hydrogen-bond acceptors (Lipinski definition) is 4. The molecule has 0 saturated carbocycles. The number of halogens is 1. The average molecular weight is 394 g/mol. The van der Waals surface area contributed by atoms with Crippen molar-refractivity contribution in [2.75, 3.05) is 18.1 Å². The number of aromatic nitrogens is 1. The summed E-state index contributed by atoms with van der Waals surface area (Å²) < 4.78 is 6.82. The Labute approximate surface area is 146 Å². The van der Waals surface area contributed by atoms with Gasteiger partial charge in [0.2, 0.25) is 0 Å². The molecule has 1 N–H and O–H groups in total. The van der Waals surface area contributed by atoms with E-state index in [9.17, 15) is 4.79 Å². The van der Waals surface area contributed by atoms with Gasteiger partial charge in [0.15, 0.2) is 5.13 Å². The van der Waals surface area contributed by atoms with Gasteiger partial charge in [0.1, 0.15) is 5.75 Å². The van der Waals surface area contributed by atoms with Gasteiger partial charge in [-0.1, -0.05) is 15.9 Å². The van der Waals surface area contributed by atoms with Crippen molar-refractivity contribution in [1.82, 2.24) is 10.3 Å². The van der Waals surface area contributed by atoms with Gasteiger partial charge < -0.3 is 10.1 Å². The molecule has 0 atom stereocenters. The van der Waals surface area contributed by atoms with Gasteiger partial charge in [0.25, 0.3) is 0 Å². The lowest BCUT2D eigenvalue weighted by Gasteiger charge is -2.15. The monoisotopic (exact) mass is 393 g/mol. The van der Waals surface area contributed by atoms with Gasteiger partial charge in [-0.05, 0) is 32.0 Å². The molecule has 120 valence electrons. The van der Waals surface area contributed by atoms with Crippen LogP contribution in [-0.2, 0) is 6.42 Å². The largest absolute Gasteiger partial charge is 0.492 e. The number of urea groups is 1. The van der Waals surface area contributed by atoms with E-state index in [1.165, 1.54) is 4.88 Å². The number of nitrogens with one attached hydrogen (secondary N) is 1. The van der Waals surface area contributed by atoms with E-state index >= 15 is 0 Å². The van der Waals surface area contributed by atoms with Crippen molar-refractivity contribution in [3.8, 4) is 17.0 Å². The summed E-state index contributed by atoms with van der Waals surface area (Å²) in [5.74, 6) is 0.834. The zero-order chi connectivity index (χ0) is 16.2. The molecular formula is C16H16BrN3O2S. The molecule has 1 saturated heterocycles. The van der Waals surface area contributed by atoms with Crippen LogP contribution in [0.2, 0.25) is 0 Å². The molecule has 1 aromatic carbocycles. The van der Waals surface area contributed by atoms with Crippen LogP contribution in [0.3, 0.4) is 0 Å². The minimum atomic E-state index is -0.230. The lowest BCUT2D eigenvalue weighted by molar-refractivity contribution is 0.249. The molecule has 3 heterocycles. The molecule has 2 aliphatic heterocycles. The Morgan fingerprint density at radius 1 is 1.43 bits per heavy atom. The minimum absolute atomic E-state index is 0.0776. The van der Waals surface area contributed by atoms with Crippen LogP contribution < -0.4 is 15.0 Å². The number of anilines is 1. The molecule has 4 rings (SSSR count). The number of hydrogen-bond donors (Lipinski definition) is 1. The van der Waals surface area contributed by atoms with Crippen LogP contribution in [-0.4, -0.2) is 29.7 Å². The molecule has 0 aliphatic carbocycles. The number of rotatable bonds is 1. The second-order valence-electron chi connectivity index (χ2n) is 6.41. The SMILES string of the molecule is CC1(C)CN(c2nc3c(s2)CCOc2cc(Br)ccc2-3)C(=O)N1. The van der Waals surface area contributed by atoms with Crippen LogP contribution in [0.5, 0.6) is 5.75 Å². The van der Waals surface area contributed by atoms with E-state index in [1.54, 1.807) is 16.2 Å². The van der Waals surface area contributed by atoms with Crippen molar-refractivity contribution in [2.24, 2.45) is 0 Å². The summed E-state index contributed by atoms with van der Waals surface area (Å²) in [5.41, 5.74) is 1.69. The van der Waals surface area contributed by atoms with Crippen molar-refractivity contribution in [1.29, 1.82) is 0 Å². The molecular weight excluding hydrogens is 378 g/mol. The highest BCUT2D eigenvalue weighted by atomic mass is 79.9. The Kier molecular flexibility index (Phi) is 3.39. The maximum absolute atomic E-state index is 12.2. The van der Waals surface area contributed by atoms with Crippen molar-refractivity contribution in [3.05, 3.63) is 27.5 Å². The van der Waals surface area contributed by atoms with Gasteiger partial charge in [-0.15, -0.1) is 11.3 Å². The Morgan fingerprint density at radius 3 is 3.00 bits per heavy atom. The fourth-order valence-corrected chi connectivity index (χ4v) is 4.31. The van der Waals surface area contributed by atoms with Gasteiger partial charge in [-0.2, -0.15) is 0 Å². The summed E-state index contributed by atoms with van der Waals surface area (Å²) in [4.78, 5) is 19.9. The molecule has 0 radical (unpaired) electrons. The third-order valence-electron chi connectivity index (χ3n) is 3.95. The van der Waals surface area contributed by atoms with Crippen molar-refractivity contribution >= 4 is 38.4 Å². The molecule has 0 bridgehead atoms. The first-order valence-electron chi connectivity index (χ1n) is 7.45. The van der Waals surface area contributed by atoms with Crippen LogP contribution in [0.4, 0.5) is 9.93 Å². The fourth-order valence-electron chi connectivity index (χ4n) is 2.92. The summed E-state index contributed by atoms with van der Waals surface area (Å²) in [6.07, 6.45) is 0.804. The standard InChI is InChI=1S/C16H16BrN3O2S/c1-16(2)8-20(14(21)19-16)15-18-13-10-4-3-9(17)7-11(10)22-6-5-12(13)23-15/h3-4,7H,5-6,8H2,1-2H3,(H,19,21). The summed E-state index contributed by atoms with van der Waals surface area (Å²) in [7, 11) is 0. The summed E-state index contributed by atoms with van der Waals surface area (Å²) in [6, 6.07) is 5.89. The second-order valence-corrected chi connectivity index (χ2v) is 8.39. The zero-order valence-corrected chi connectivity index (χ0v) is 15.3. The highest BCUT2D eigenvalue weighted by Gasteiger charge is 2.37. The Bertz CT molecular complexity index is 803. The number of fused-ring (bicyclic) bond motifs is 3. The van der Waals surface area contributed by atoms with Crippen LogP contribution >= 0.6 is 27.3 Å². The normalized spacial score (nSPS) is 18.7. The van der Waals surface area contributed by atoms with Gasteiger partial charge >= 0.3 is 6.03 Å². The first-order chi connectivity index (χ1) is 10.9. The second kappa shape index (κ2) is 5.21. The zero-order valence-electron chi connectivity index (χ0n) is 12.9. The molecule has 23 heavy (non-hydrogen) atoms. The lowest BCUT2D eigenvalue weighted by Crippen LogP contribution is -2.36. The molecule has 2 amide bonds. The van der Waals surface area contributed by atoms with E-state index in [4.69, 9.17) is 9.72 Å². The number of nitrogens with zero attached hydrogens (tertiary/aromatic N) is 2. The number of thiazole rings is 1. The van der Waals surface area contributed by atoms with E-state index in [-0.39, 0.29) is 11.6 Å². The Balaban J connectivity index is 1.78. The van der Waals surface area contributed by atoms with Gasteiger partial charge in [-0.3, -0.25) is 4.90 Å². The molecule has 0 spiro atoms. The van der Waals surface area contributed by atoms with Gasteiger partial charge in [-0.25, -0.2) is 9.78 Å². The third-order valence-corrected chi connectivity index (χ3v) is 5.58. The number of carbonyl (C=O) groups excluding carboxylic acids is 1. The van der Waals surface area contributed by atoms with Crippen molar-refractivity contribution in [2.45, 2.75) is 25.8 Å². The highest BCUT2D eigenvalue weighted by Crippen LogP contribution is 2.41. The molecule has 0 unspecified atom stereocenters. The molecule has 7 heteroatoms. The van der Waals surface area contributed by atoms with Crippen LogP contribution in [0, 0.1) is 0 Å². The fraction of sp³-hybridized carbons (Fsp3) is 0.375. The molecule has 5 nitrogen and oxygen atoms in total. The van der Waals surface area contributed by atoms with Crippen molar-refractivity contribution in [3.63, 3.8) is 0 Å². The predicted octanol–water partition coefficient (Wildman–Crippen LogP) is 3.82. The summed E-state index contributed by atoms with van der Waals surface area (Å²) in [5, 5.41) is 3.74. The molecule has 1 aromatic heterocycles. The number of amides is 2.